The Morgan fingerprint density at radius 1 is 1.08 bits per heavy atom. The fourth-order valence-electron chi connectivity index (χ4n) is 4.48. The van der Waals surface area contributed by atoms with E-state index in [-0.39, 0.29) is 5.82 Å². The summed E-state index contributed by atoms with van der Waals surface area (Å²) in [4.78, 5) is 6.64. The van der Waals surface area contributed by atoms with Crippen molar-refractivity contribution in [2.45, 2.75) is 31.8 Å². The molecule has 1 saturated heterocycles. The van der Waals surface area contributed by atoms with Crippen molar-refractivity contribution in [3.05, 3.63) is 65.4 Å². The Morgan fingerprint density at radius 3 is 2.67 bits per heavy atom. The van der Waals surface area contributed by atoms with Crippen LogP contribution in [0.25, 0.3) is 10.9 Å². The summed E-state index contributed by atoms with van der Waals surface area (Å²) in [6, 6.07) is 9.40. The predicted molar refractivity (Wildman–Crippen MR) is 92.5 cm³/mol. The maximum Gasteiger partial charge on any atom is 0.123 e. The number of halogens is 1. The Balaban J connectivity index is 1.75. The highest BCUT2D eigenvalue weighted by atomic mass is 19.1. The molecule has 2 aromatic heterocycles. The van der Waals surface area contributed by atoms with Gasteiger partial charge in [0.2, 0.25) is 0 Å². The first-order valence-corrected chi connectivity index (χ1v) is 8.71. The molecular weight excluding hydrogens is 301 g/mol. The SMILES string of the molecule is Fc1ccc2c(c1)c1c(n2Cc2ccncc2)C2CCN(CC2)C1. The summed E-state index contributed by atoms with van der Waals surface area (Å²) in [6.45, 7) is 4.10. The van der Waals surface area contributed by atoms with Crippen LogP contribution in [0.15, 0.2) is 42.7 Å². The number of benzene rings is 1. The summed E-state index contributed by atoms with van der Waals surface area (Å²) >= 11 is 0. The lowest BCUT2D eigenvalue weighted by molar-refractivity contribution is 0.219. The zero-order valence-electron chi connectivity index (χ0n) is 13.6. The maximum absolute atomic E-state index is 13.9. The normalized spacial score (nSPS) is 22.5. The molecule has 0 spiro atoms. The van der Waals surface area contributed by atoms with E-state index in [0.29, 0.717) is 5.92 Å². The van der Waals surface area contributed by atoms with Gasteiger partial charge in [-0.15, -0.1) is 0 Å². The van der Waals surface area contributed by atoms with Crippen LogP contribution < -0.4 is 0 Å². The van der Waals surface area contributed by atoms with Crippen molar-refractivity contribution in [3.63, 3.8) is 0 Å². The number of hydrogen-bond acceptors (Lipinski definition) is 2. The molecule has 0 N–H and O–H groups in total. The van der Waals surface area contributed by atoms with Gasteiger partial charge in [-0.2, -0.15) is 0 Å². The van der Waals surface area contributed by atoms with Gasteiger partial charge in [-0.3, -0.25) is 9.88 Å². The Bertz CT molecular complexity index is 892. The lowest BCUT2D eigenvalue weighted by Crippen LogP contribution is -2.29. The van der Waals surface area contributed by atoms with Crippen LogP contribution in [0.1, 0.15) is 35.6 Å². The number of aromatic nitrogens is 2. The molecule has 0 amide bonds. The van der Waals surface area contributed by atoms with Crippen molar-refractivity contribution < 1.29 is 4.39 Å². The molecule has 122 valence electrons. The molecule has 5 heterocycles. The van der Waals surface area contributed by atoms with Gasteiger partial charge in [-0.05, 0) is 67.4 Å². The topological polar surface area (TPSA) is 21.1 Å². The minimum Gasteiger partial charge on any atom is -0.340 e. The van der Waals surface area contributed by atoms with E-state index in [0.717, 1.165) is 37.1 Å². The minimum atomic E-state index is -0.141. The quantitative estimate of drug-likeness (QED) is 0.713. The van der Waals surface area contributed by atoms with Crippen molar-refractivity contribution in [3.8, 4) is 0 Å². The number of pyridine rings is 1. The lowest BCUT2D eigenvalue weighted by Gasteiger charge is -2.27. The van der Waals surface area contributed by atoms with Crippen LogP contribution in [0.2, 0.25) is 0 Å². The van der Waals surface area contributed by atoms with Gasteiger partial charge in [0.1, 0.15) is 5.82 Å². The number of fused-ring (bicyclic) bond motifs is 3. The third kappa shape index (κ3) is 2.17. The molecule has 0 aliphatic carbocycles. The molecule has 3 aromatic rings. The zero-order valence-corrected chi connectivity index (χ0v) is 13.6. The molecule has 24 heavy (non-hydrogen) atoms. The van der Waals surface area contributed by atoms with Crippen LogP contribution >= 0.6 is 0 Å². The van der Waals surface area contributed by atoms with E-state index in [9.17, 15) is 4.39 Å². The first-order valence-electron chi connectivity index (χ1n) is 8.71. The molecule has 3 aliphatic rings. The maximum atomic E-state index is 13.9. The molecule has 1 aromatic carbocycles. The standard InChI is InChI=1S/C20H20FN3/c21-16-1-2-19-17(11-16)18-13-23-9-5-15(6-10-23)20(18)24(19)12-14-3-7-22-8-4-14/h1-4,7-8,11,15H,5-6,9-10,12-13H2. The Hall–Kier alpha value is -2.20. The van der Waals surface area contributed by atoms with E-state index in [1.807, 2.05) is 18.5 Å². The largest absolute Gasteiger partial charge is 0.340 e. The summed E-state index contributed by atoms with van der Waals surface area (Å²) in [5.41, 5.74) is 5.19. The molecule has 3 aliphatic heterocycles. The average Bonchev–Trinajstić information content (AvgIpc) is 2.76. The fourth-order valence-corrected chi connectivity index (χ4v) is 4.48. The number of piperidine rings is 1. The first kappa shape index (κ1) is 14.2. The first-order chi connectivity index (χ1) is 11.8. The van der Waals surface area contributed by atoms with E-state index < -0.39 is 0 Å². The van der Waals surface area contributed by atoms with Crippen molar-refractivity contribution >= 4 is 10.9 Å². The predicted octanol–water partition coefficient (Wildman–Crippen LogP) is 3.92. The molecule has 4 heteroatoms. The van der Waals surface area contributed by atoms with Gasteiger partial charge in [0.05, 0.1) is 0 Å². The lowest BCUT2D eigenvalue weighted by atomic mass is 9.94. The molecule has 0 radical (unpaired) electrons. The summed E-state index contributed by atoms with van der Waals surface area (Å²) in [6.07, 6.45) is 6.11. The second-order valence-corrected chi connectivity index (χ2v) is 7.02. The van der Waals surface area contributed by atoms with Crippen LogP contribution in [0.4, 0.5) is 4.39 Å². The Kier molecular flexibility index (Phi) is 3.20. The third-order valence-corrected chi connectivity index (χ3v) is 5.62. The van der Waals surface area contributed by atoms with Gasteiger partial charge in [-0.1, -0.05) is 0 Å². The second-order valence-electron chi connectivity index (χ2n) is 7.02. The van der Waals surface area contributed by atoms with Gasteiger partial charge in [-0.25, -0.2) is 4.39 Å². The fraction of sp³-hybridized carbons (Fsp3) is 0.350. The molecule has 0 saturated carbocycles. The van der Waals surface area contributed by atoms with Gasteiger partial charge < -0.3 is 4.57 Å². The van der Waals surface area contributed by atoms with Crippen LogP contribution in [-0.2, 0) is 13.1 Å². The van der Waals surface area contributed by atoms with Gasteiger partial charge >= 0.3 is 0 Å². The average molecular weight is 321 g/mol. The monoisotopic (exact) mass is 321 g/mol. The highest BCUT2D eigenvalue weighted by Gasteiger charge is 2.32. The molecule has 0 atom stereocenters. The van der Waals surface area contributed by atoms with E-state index in [1.165, 1.54) is 29.7 Å². The summed E-state index contributed by atoms with van der Waals surface area (Å²) in [5, 5.41) is 1.10. The van der Waals surface area contributed by atoms with E-state index >= 15 is 0 Å². The highest BCUT2D eigenvalue weighted by molar-refractivity contribution is 5.86. The van der Waals surface area contributed by atoms with Crippen molar-refractivity contribution in [2.75, 3.05) is 13.1 Å². The van der Waals surface area contributed by atoms with E-state index in [4.69, 9.17) is 0 Å². The third-order valence-electron chi connectivity index (χ3n) is 5.62. The Labute approximate surface area is 140 Å². The van der Waals surface area contributed by atoms with Crippen LogP contribution in [0, 0.1) is 5.82 Å². The van der Waals surface area contributed by atoms with Gasteiger partial charge in [0.25, 0.3) is 0 Å². The summed E-state index contributed by atoms with van der Waals surface area (Å²) in [7, 11) is 0. The van der Waals surface area contributed by atoms with E-state index in [1.54, 1.807) is 12.1 Å². The zero-order chi connectivity index (χ0) is 16.1. The molecule has 0 unspecified atom stereocenters. The number of nitrogens with zero attached hydrogens (tertiary/aromatic N) is 3. The molecule has 3 nitrogen and oxygen atoms in total. The van der Waals surface area contributed by atoms with Crippen LogP contribution in [0.3, 0.4) is 0 Å². The smallest absolute Gasteiger partial charge is 0.123 e. The van der Waals surface area contributed by atoms with E-state index in [2.05, 4.69) is 26.6 Å². The molecule has 1 fully saturated rings. The van der Waals surface area contributed by atoms with Crippen LogP contribution in [0.5, 0.6) is 0 Å². The van der Waals surface area contributed by atoms with Gasteiger partial charge in [0.15, 0.2) is 0 Å². The molecule has 2 bridgehead atoms. The van der Waals surface area contributed by atoms with Crippen molar-refractivity contribution in [2.24, 2.45) is 0 Å². The van der Waals surface area contributed by atoms with Crippen LogP contribution in [-0.4, -0.2) is 27.5 Å². The summed E-state index contributed by atoms with van der Waals surface area (Å²) < 4.78 is 16.4. The Morgan fingerprint density at radius 2 is 1.88 bits per heavy atom. The molecule has 6 rings (SSSR count). The van der Waals surface area contributed by atoms with Gasteiger partial charge in [0, 0.05) is 48.0 Å². The number of rotatable bonds is 2. The number of hydrogen-bond donors (Lipinski definition) is 0. The molecular formula is C20H20FN3. The highest BCUT2D eigenvalue weighted by Crippen LogP contribution is 2.41. The summed E-state index contributed by atoms with van der Waals surface area (Å²) in [5.74, 6) is 0.453. The van der Waals surface area contributed by atoms with Crippen molar-refractivity contribution in [1.29, 1.82) is 0 Å². The van der Waals surface area contributed by atoms with Crippen molar-refractivity contribution in [1.82, 2.24) is 14.5 Å². The minimum absolute atomic E-state index is 0.141. The second kappa shape index (κ2) is 5.42.